The number of likely N-dealkylation sites (tertiary alicyclic amines) is 1. The van der Waals surface area contributed by atoms with Gasteiger partial charge in [0.05, 0.1) is 0 Å². The summed E-state index contributed by atoms with van der Waals surface area (Å²) < 4.78 is 5.41. The molecular formula is C20H22N2O2. The molecule has 0 saturated carbocycles. The van der Waals surface area contributed by atoms with Crippen molar-refractivity contribution in [1.82, 2.24) is 10.2 Å². The highest BCUT2D eigenvalue weighted by Crippen LogP contribution is 2.27. The maximum atomic E-state index is 11.9. The van der Waals surface area contributed by atoms with Gasteiger partial charge in [-0.25, -0.2) is 4.79 Å². The van der Waals surface area contributed by atoms with Crippen LogP contribution in [0.25, 0.3) is 21.7 Å². The molecule has 0 aliphatic carbocycles. The average molecular weight is 322 g/mol. The van der Waals surface area contributed by atoms with Crippen LogP contribution in [0.5, 0.6) is 0 Å². The Hall–Kier alpha value is -2.17. The minimum absolute atomic E-state index is 0.283. The molecule has 0 radical (unpaired) electrons. The summed E-state index contributed by atoms with van der Waals surface area (Å²) in [5.41, 5.74) is 1.39. The van der Waals surface area contributed by atoms with Gasteiger partial charge in [0.15, 0.2) is 0 Å². The highest BCUT2D eigenvalue weighted by Gasteiger charge is 2.11. The second kappa shape index (κ2) is 6.75. The van der Waals surface area contributed by atoms with Crippen LogP contribution in [0.2, 0.25) is 0 Å². The lowest BCUT2D eigenvalue weighted by Crippen LogP contribution is -2.29. The fourth-order valence-electron chi connectivity index (χ4n) is 3.63. The van der Waals surface area contributed by atoms with Crippen LogP contribution in [-0.2, 0) is 6.54 Å². The average Bonchev–Trinajstić information content (AvgIpc) is 3.11. The number of rotatable bonds is 5. The van der Waals surface area contributed by atoms with Crippen molar-refractivity contribution in [2.75, 3.05) is 26.2 Å². The highest BCUT2D eigenvalue weighted by molar-refractivity contribution is 6.07. The lowest BCUT2D eigenvalue weighted by atomic mass is 10.0. The van der Waals surface area contributed by atoms with Crippen molar-refractivity contribution in [3.8, 4) is 0 Å². The maximum Gasteiger partial charge on any atom is 0.336 e. The van der Waals surface area contributed by atoms with Gasteiger partial charge in [0, 0.05) is 31.1 Å². The van der Waals surface area contributed by atoms with Crippen LogP contribution < -0.4 is 10.9 Å². The van der Waals surface area contributed by atoms with E-state index in [2.05, 4.69) is 22.3 Å². The normalized spacial score (nSPS) is 15.5. The molecule has 0 amide bonds. The molecule has 2 aromatic carbocycles. The molecule has 1 aromatic heterocycles. The zero-order valence-electron chi connectivity index (χ0n) is 13.8. The third-order valence-corrected chi connectivity index (χ3v) is 4.83. The summed E-state index contributed by atoms with van der Waals surface area (Å²) >= 11 is 0. The van der Waals surface area contributed by atoms with Crippen molar-refractivity contribution in [3.63, 3.8) is 0 Å². The minimum Gasteiger partial charge on any atom is -0.423 e. The van der Waals surface area contributed by atoms with Gasteiger partial charge in [-0.1, -0.05) is 30.3 Å². The minimum atomic E-state index is -0.283. The zero-order valence-corrected chi connectivity index (χ0v) is 13.8. The number of fused-ring (bicyclic) bond motifs is 3. The van der Waals surface area contributed by atoms with Gasteiger partial charge in [-0.05, 0) is 48.3 Å². The molecule has 1 saturated heterocycles. The van der Waals surface area contributed by atoms with Gasteiger partial charge in [-0.3, -0.25) is 0 Å². The standard InChI is InChI=1S/C20H22N2O2/c23-19-13-16(14-21-9-12-22-10-3-4-11-22)20-17-6-2-1-5-15(17)7-8-18(20)24-19/h1-2,5-8,13,21H,3-4,9-12,14H2. The number of hydrogen-bond donors (Lipinski definition) is 1. The Balaban J connectivity index is 1.61. The van der Waals surface area contributed by atoms with Crippen LogP contribution in [-0.4, -0.2) is 31.1 Å². The first-order valence-electron chi connectivity index (χ1n) is 8.69. The molecule has 0 bridgehead atoms. The van der Waals surface area contributed by atoms with Gasteiger partial charge >= 0.3 is 5.63 Å². The molecule has 1 N–H and O–H groups in total. The van der Waals surface area contributed by atoms with E-state index in [0.717, 1.165) is 34.8 Å². The monoisotopic (exact) mass is 322 g/mol. The number of hydrogen-bond acceptors (Lipinski definition) is 4. The quantitative estimate of drug-likeness (QED) is 0.445. The van der Waals surface area contributed by atoms with Gasteiger partial charge in [-0.15, -0.1) is 0 Å². The number of nitrogens with one attached hydrogen (secondary N) is 1. The first-order chi connectivity index (χ1) is 11.8. The van der Waals surface area contributed by atoms with Crippen molar-refractivity contribution in [1.29, 1.82) is 0 Å². The number of benzene rings is 2. The third kappa shape index (κ3) is 3.07. The molecule has 4 rings (SSSR count). The lowest BCUT2D eigenvalue weighted by Gasteiger charge is -2.15. The zero-order chi connectivity index (χ0) is 16.4. The first-order valence-corrected chi connectivity index (χ1v) is 8.69. The fraction of sp³-hybridized carbons (Fsp3) is 0.350. The summed E-state index contributed by atoms with van der Waals surface area (Å²) in [6.45, 7) is 5.12. The van der Waals surface area contributed by atoms with E-state index in [0.29, 0.717) is 12.1 Å². The van der Waals surface area contributed by atoms with Gasteiger partial charge in [0.1, 0.15) is 5.58 Å². The van der Waals surface area contributed by atoms with Gasteiger partial charge in [-0.2, -0.15) is 0 Å². The SMILES string of the molecule is O=c1cc(CNCCN2CCCC2)c2c(ccc3ccccc32)o1. The molecule has 4 heteroatoms. The van der Waals surface area contributed by atoms with E-state index < -0.39 is 0 Å². The number of nitrogens with zero attached hydrogens (tertiary/aromatic N) is 1. The summed E-state index contributed by atoms with van der Waals surface area (Å²) in [6.07, 6.45) is 2.63. The molecule has 24 heavy (non-hydrogen) atoms. The van der Waals surface area contributed by atoms with E-state index >= 15 is 0 Å². The van der Waals surface area contributed by atoms with Crippen molar-refractivity contribution >= 4 is 21.7 Å². The van der Waals surface area contributed by atoms with Crippen LogP contribution in [0.15, 0.2) is 51.7 Å². The fourth-order valence-corrected chi connectivity index (χ4v) is 3.63. The van der Waals surface area contributed by atoms with Crippen LogP contribution in [0.1, 0.15) is 18.4 Å². The van der Waals surface area contributed by atoms with E-state index in [1.54, 1.807) is 6.07 Å². The van der Waals surface area contributed by atoms with E-state index in [1.165, 1.54) is 25.9 Å². The summed E-state index contributed by atoms with van der Waals surface area (Å²) in [5, 5.41) is 6.83. The van der Waals surface area contributed by atoms with Crippen molar-refractivity contribution in [2.24, 2.45) is 0 Å². The van der Waals surface area contributed by atoms with Gasteiger partial charge in [0.25, 0.3) is 0 Å². The van der Waals surface area contributed by atoms with Crippen LogP contribution in [0.3, 0.4) is 0 Å². The van der Waals surface area contributed by atoms with Crippen molar-refractivity contribution in [2.45, 2.75) is 19.4 Å². The lowest BCUT2D eigenvalue weighted by molar-refractivity contribution is 0.335. The first kappa shape index (κ1) is 15.4. The van der Waals surface area contributed by atoms with Gasteiger partial charge in [0.2, 0.25) is 0 Å². The molecule has 124 valence electrons. The molecule has 0 spiro atoms. The Kier molecular flexibility index (Phi) is 4.32. The van der Waals surface area contributed by atoms with E-state index in [-0.39, 0.29) is 5.63 Å². The molecule has 1 aliphatic rings. The van der Waals surface area contributed by atoms with Crippen molar-refractivity contribution < 1.29 is 4.42 Å². The molecule has 1 aliphatic heterocycles. The van der Waals surface area contributed by atoms with E-state index in [9.17, 15) is 4.79 Å². The third-order valence-electron chi connectivity index (χ3n) is 4.83. The summed E-state index contributed by atoms with van der Waals surface area (Å²) in [4.78, 5) is 14.4. The second-order valence-corrected chi connectivity index (χ2v) is 6.48. The summed E-state index contributed by atoms with van der Waals surface area (Å²) in [6, 6.07) is 13.8. The van der Waals surface area contributed by atoms with Crippen molar-refractivity contribution in [3.05, 3.63) is 58.4 Å². The molecule has 4 nitrogen and oxygen atoms in total. The second-order valence-electron chi connectivity index (χ2n) is 6.48. The predicted octanol–water partition coefficient (Wildman–Crippen LogP) is 3.13. The highest BCUT2D eigenvalue weighted by atomic mass is 16.4. The molecule has 1 fully saturated rings. The largest absolute Gasteiger partial charge is 0.423 e. The Morgan fingerprint density at radius 3 is 2.79 bits per heavy atom. The Labute approximate surface area is 141 Å². The van der Waals surface area contributed by atoms with E-state index in [4.69, 9.17) is 4.42 Å². The topological polar surface area (TPSA) is 45.5 Å². The molecule has 3 aromatic rings. The predicted molar refractivity (Wildman–Crippen MR) is 97.4 cm³/mol. The van der Waals surface area contributed by atoms with Crippen LogP contribution >= 0.6 is 0 Å². The Morgan fingerprint density at radius 2 is 1.92 bits per heavy atom. The van der Waals surface area contributed by atoms with Gasteiger partial charge < -0.3 is 14.6 Å². The van der Waals surface area contributed by atoms with Crippen LogP contribution in [0, 0.1) is 0 Å². The molecule has 2 heterocycles. The Bertz CT molecular complexity index is 910. The van der Waals surface area contributed by atoms with Crippen LogP contribution in [0.4, 0.5) is 0 Å². The maximum absolute atomic E-state index is 11.9. The molecular weight excluding hydrogens is 300 g/mol. The molecule has 0 atom stereocenters. The summed E-state index contributed by atoms with van der Waals surface area (Å²) in [7, 11) is 0. The summed E-state index contributed by atoms with van der Waals surface area (Å²) in [5.74, 6) is 0. The smallest absolute Gasteiger partial charge is 0.336 e. The molecule has 0 unspecified atom stereocenters. The van der Waals surface area contributed by atoms with E-state index in [1.807, 2.05) is 24.3 Å². The Morgan fingerprint density at radius 1 is 1.08 bits per heavy atom.